The Balaban J connectivity index is 1.67. The van der Waals surface area contributed by atoms with Gasteiger partial charge in [0.05, 0.1) is 17.0 Å². The molecule has 1 aliphatic carbocycles. The van der Waals surface area contributed by atoms with Gasteiger partial charge in [-0.2, -0.15) is 0 Å². The van der Waals surface area contributed by atoms with Crippen molar-refractivity contribution in [2.75, 3.05) is 0 Å². The van der Waals surface area contributed by atoms with Crippen molar-refractivity contribution >= 4 is 22.1 Å². The van der Waals surface area contributed by atoms with E-state index in [1.54, 1.807) is 30.3 Å². The normalized spacial score (nSPS) is 26.0. The van der Waals surface area contributed by atoms with Gasteiger partial charge in [-0.1, -0.05) is 36.4 Å². The molecule has 3 N–H and O–H groups in total. The number of nitrogens with one attached hydrogen (secondary N) is 1. The van der Waals surface area contributed by atoms with Crippen molar-refractivity contribution in [3.05, 3.63) is 65.7 Å². The summed E-state index contributed by atoms with van der Waals surface area (Å²) < 4.78 is 34.1. The lowest BCUT2D eigenvalue weighted by Crippen LogP contribution is -2.43. The molecule has 146 valence electrons. The molecule has 1 heterocycles. The van der Waals surface area contributed by atoms with Crippen LogP contribution in [0.5, 0.6) is 5.75 Å². The van der Waals surface area contributed by atoms with Crippen LogP contribution >= 0.6 is 0 Å². The number of ether oxygens (including phenoxy) is 1. The molecule has 4 unspecified atom stereocenters. The predicted octanol–water partition coefficient (Wildman–Crippen LogP) is 1.74. The van der Waals surface area contributed by atoms with Crippen molar-refractivity contribution in [1.82, 2.24) is 4.72 Å². The summed E-state index contributed by atoms with van der Waals surface area (Å²) in [6.07, 6.45) is 1.48. The number of benzene rings is 2. The zero-order valence-electron chi connectivity index (χ0n) is 14.7. The molecule has 2 aliphatic rings. The van der Waals surface area contributed by atoms with Crippen LogP contribution in [0.25, 0.3) is 6.08 Å². The maximum Gasteiger partial charge on any atom is 0.328 e. The summed E-state index contributed by atoms with van der Waals surface area (Å²) >= 11 is 0. The van der Waals surface area contributed by atoms with E-state index in [1.807, 2.05) is 6.07 Å². The lowest BCUT2D eigenvalue weighted by Gasteiger charge is -2.22. The molecular weight excluding hydrogens is 382 g/mol. The summed E-state index contributed by atoms with van der Waals surface area (Å²) in [7, 11) is -3.81. The highest BCUT2D eigenvalue weighted by Gasteiger charge is 2.51. The van der Waals surface area contributed by atoms with E-state index in [4.69, 9.17) is 9.84 Å². The van der Waals surface area contributed by atoms with Gasteiger partial charge in [0.15, 0.2) is 0 Å². The molecule has 4 rings (SSSR count). The van der Waals surface area contributed by atoms with E-state index in [-0.39, 0.29) is 23.3 Å². The van der Waals surface area contributed by atoms with Gasteiger partial charge in [0.2, 0.25) is 10.0 Å². The summed E-state index contributed by atoms with van der Waals surface area (Å²) in [5.41, 5.74) is 1.36. The van der Waals surface area contributed by atoms with E-state index in [1.165, 1.54) is 18.2 Å². The third kappa shape index (κ3) is 3.30. The van der Waals surface area contributed by atoms with E-state index in [0.29, 0.717) is 11.3 Å². The van der Waals surface area contributed by atoms with Gasteiger partial charge in [-0.25, -0.2) is 17.9 Å². The maximum atomic E-state index is 12.7. The number of carboxylic acids is 1. The monoisotopic (exact) mass is 401 g/mol. The van der Waals surface area contributed by atoms with Gasteiger partial charge in [0.25, 0.3) is 0 Å². The summed E-state index contributed by atoms with van der Waals surface area (Å²) in [5, 5.41) is 19.3. The maximum absolute atomic E-state index is 12.7. The second-order valence-electron chi connectivity index (χ2n) is 6.88. The van der Waals surface area contributed by atoms with Crippen LogP contribution in [-0.2, 0) is 14.8 Å². The third-order valence-electron chi connectivity index (χ3n) is 5.13. The molecule has 7 nitrogen and oxygen atoms in total. The molecule has 0 radical (unpaired) electrons. The smallest absolute Gasteiger partial charge is 0.328 e. The van der Waals surface area contributed by atoms with Gasteiger partial charge in [-0.3, -0.25) is 0 Å². The van der Waals surface area contributed by atoms with Gasteiger partial charge >= 0.3 is 5.97 Å². The van der Waals surface area contributed by atoms with Crippen molar-refractivity contribution < 1.29 is 28.2 Å². The van der Waals surface area contributed by atoms with Gasteiger partial charge in [-0.15, -0.1) is 0 Å². The Labute approximate surface area is 162 Å². The Kier molecular flexibility index (Phi) is 4.70. The van der Waals surface area contributed by atoms with Gasteiger partial charge in [-0.05, 0) is 18.2 Å². The molecule has 0 saturated heterocycles. The van der Waals surface area contributed by atoms with E-state index < -0.39 is 28.1 Å². The number of hydrogen-bond acceptors (Lipinski definition) is 5. The van der Waals surface area contributed by atoms with Crippen LogP contribution in [-0.4, -0.2) is 42.8 Å². The SMILES string of the molecule is O=C(O)C=Cc1cccc2c1OC1CC(O)C(NS(=O)(=O)c3ccccc3)C21. The second-order valence-corrected chi connectivity index (χ2v) is 8.60. The highest BCUT2D eigenvalue weighted by atomic mass is 32.2. The average Bonchev–Trinajstić information content (AvgIpc) is 3.17. The molecule has 0 aromatic heterocycles. The first-order chi connectivity index (χ1) is 13.4. The lowest BCUT2D eigenvalue weighted by atomic mass is 9.93. The number of hydrogen-bond donors (Lipinski definition) is 3. The molecular formula is C20H19NO6S. The number of carboxylic acid groups (broad SMARTS) is 1. The topological polar surface area (TPSA) is 113 Å². The molecule has 8 heteroatoms. The first-order valence-corrected chi connectivity index (χ1v) is 10.3. The van der Waals surface area contributed by atoms with Crippen molar-refractivity contribution in [3.8, 4) is 5.75 Å². The van der Waals surface area contributed by atoms with Crippen LogP contribution in [0.15, 0.2) is 59.5 Å². The highest BCUT2D eigenvalue weighted by Crippen LogP contribution is 2.49. The standard InChI is InChI=1S/C20H19NO6S/c22-15-11-16-18(19(15)21-28(25,26)13-6-2-1-3-7-13)14-8-4-5-12(20(14)27-16)9-10-17(23)24/h1-10,15-16,18-19,21-22H,11H2,(H,23,24). The van der Waals surface area contributed by atoms with Gasteiger partial charge in [0.1, 0.15) is 11.9 Å². The summed E-state index contributed by atoms with van der Waals surface area (Å²) in [6, 6.07) is 12.6. The number of aliphatic hydroxyl groups is 1. The number of aliphatic hydroxyl groups excluding tert-OH is 1. The van der Waals surface area contributed by atoms with Crippen molar-refractivity contribution in [3.63, 3.8) is 0 Å². The van der Waals surface area contributed by atoms with Crippen LogP contribution in [0, 0.1) is 0 Å². The summed E-state index contributed by atoms with van der Waals surface area (Å²) in [5.74, 6) is -0.896. The largest absolute Gasteiger partial charge is 0.489 e. The van der Waals surface area contributed by atoms with Crippen molar-refractivity contribution in [1.29, 1.82) is 0 Å². The summed E-state index contributed by atoms with van der Waals surface area (Å²) in [6.45, 7) is 0. The molecule has 0 spiro atoms. The number of fused-ring (bicyclic) bond motifs is 3. The first kappa shape index (κ1) is 18.7. The molecule has 2 aromatic rings. The quantitative estimate of drug-likeness (QED) is 0.658. The predicted molar refractivity (Wildman–Crippen MR) is 101 cm³/mol. The number of carbonyl (C=O) groups is 1. The van der Waals surface area contributed by atoms with E-state index in [0.717, 1.165) is 11.6 Å². The molecule has 2 aromatic carbocycles. The minimum absolute atomic E-state index is 0.128. The molecule has 1 aliphatic heterocycles. The van der Waals surface area contributed by atoms with Crippen LogP contribution in [0.4, 0.5) is 0 Å². The fraction of sp³-hybridized carbons (Fsp3) is 0.250. The third-order valence-corrected chi connectivity index (χ3v) is 6.61. The Hall–Kier alpha value is -2.68. The van der Waals surface area contributed by atoms with E-state index in [2.05, 4.69) is 4.72 Å². The number of rotatable bonds is 5. The minimum Gasteiger partial charge on any atom is -0.489 e. The number of aliphatic carboxylic acids is 1. The first-order valence-electron chi connectivity index (χ1n) is 8.83. The van der Waals surface area contributed by atoms with Gasteiger partial charge < -0.3 is 14.9 Å². The fourth-order valence-electron chi connectivity index (χ4n) is 3.93. The lowest BCUT2D eigenvalue weighted by molar-refractivity contribution is -0.131. The Morgan fingerprint density at radius 2 is 1.89 bits per heavy atom. The molecule has 0 amide bonds. The number of sulfonamides is 1. The van der Waals surface area contributed by atoms with Crippen molar-refractivity contribution in [2.24, 2.45) is 0 Å². The fourth-order valence-corrected chi connectivity index (χ4v) is 5.24. The molecule has 28 heavy (non-hydrogen) atoms. The Morgan fingerprint density at radius 1 is 1.14 bits per heavy atom. The van der Waals surface area contributed by atoms with Crippen LogP contribution in [0.1, 0.15) is 23.5 Å². The number of para-hydroxylation sites is 1. The molecule has 1 fully saturated rings. The summed E-state index contributed by atoms with van der Waals surface area (Å²) in [4.78, 5) is 10.9. The highest BCUT2D eigenvalue weighted by molar-refractivity contribution is 7.89. The molecule has 4 atom stereocenters. The Morgan fingerprint density at radius 3 is 2.61 bits per heavy atom. The zero-order valence-corrected chi connectivity index (χ0v) is 15.5. The average molecular weight is 401 g/mol. The zero-order chi connectivity index (χ0) is 19.9. The minimum atomic E-state index is -3.81. The van der Waals surface area contributed by atoms with Crippen LogP contribution in [0.3, 0.4) is 0 Å². The molecule has 1 saturated carbocycles. The van der Waals surface area contributed by atoms with Crippen molar-refractivity contribution in [2.45, 2.75) is 35.5 Å². The van der Waals surface area contributed by atoms with Crippen LogP contribution < -0.4 is 9.46 Å². The van der Waals surface area contributed by atoms with E-state index in [9.17, 15) is 18.3 Å². The second kappa shape index (κ2) is 7.05. The van der Waals surface area contributed by atoms with E-state index >= 15 is 0 Å². The van der Waals surface area contributed by atoms with Crippen LogP contribution in [0.2, 0.25) is 0 Å². The van der Waals surface area contributed by atoms with Gasteiger partial charge in [0, 0.05) is 29.5 Å². The molecule has 0 bridgehead atoms. The Bertz CT molecular complexity index is 1030.